The smallest absolute Gasteiger partial charge is 0.137 e. The molecule has 2 bridgehead atoms. The Labute approximate surface area is 90.0 Å². The first-order valence-corrected chi connectivity index (χ1v) is 7.24. The molecule has 14 heavy (non-hydrogen) atoms. The number of Topliss-reactive ketones (excluding diaryl/α,β-unsaturated/α-hetero) is 1. The van der Waals surface area contributed by atoms with E-state index < -0.39 is 0 Å². The van der Waals surface area contributed by atoms with Crippen molar-refractivity contribution >= 4 is 17.5 Å². The number of hydrogen-bond donors (Lipinski definition) is 0. The summed E-state index contributed by atoms with van der Waals surface area (Å²) in [6.45, 7) is 0. The van der Waals surface area contributed by atoms with E-state index in [0.717, 1.165) is 35.8 Å². The standard InChI is InChI=1S/C12H18OS/c1-14-5-4-9(13)12-10-7-2-3-8(6-7)11(10)12/h7-8,10-12H,2-6H2,1H3. The number of carbonyl (C=O) groups excluding carboxylic acids is 1. The van der Waals surface area contributed by atoms with Crippen LogP contribution in [0, 0.1) is 29.6 Å². The van der Waals surface area contributed by atoms with Crippen LogP contribution in [-0.4, -0.2) is 17.8 Å². The SMILES string of the molecule is CSCCC(=O)C1C2C3CCC(C3)C12. The zero-order chi connectivity index (χ0) is 9.71. The average Bonchev–Trinajstić information content (AvgIpc) is 2.64. The highest BCUT2D eigenvalue weighted by Crippen LogP contribution is 2.69. The lowest BCUT2D eigenvalue weighted by Gasteiger charge is -2.06. The summed E-state index contributed by atoms with van der Waals surface area (Å²) in [4.78, 5) is 11.9. The molecule has 0 aromatic rings. The fourth-order valence-electron chi connectivity index (χ4n) is 4.12. The Morgan fingerprint density at radius 1 is 1.29 bits per heavy atom. The molecular weight excluding hydrogens is 192 g/mol. The molecule has 0 amide bonds. The molecule has 0 radical (unpaired) electrons. The van der Waals surface area contributed by atoms with Gasteiger partial charge in [0.05, 0.1) is 0 Å². The van der Waals surface area contributed by atoms with Crippen LogP contribution in [0.4, 0.5) is 0 Å². The normalized spacial score (nSPS) is 47.9. The van der Waals surface area contributed by atoms with Crippen molar-refractivity contribution in [2.75, 3.05) is 12.0 Å². The predicted octanol–water partition coefficient (Wildman–Crippen LogP) is 2.60. The van der Waals surface area contributed by atoms with E-state index in [1.807, 2.05) is 0 Å². The van der Waals surface area contributed by atoms with E-state index in [1.165, 1.54) is 19.3 Å². The molecule has 1 nitrogen and oxygen atoms in total. The van der Waals surface area contributed by atoms with Gasteiger partial charge in [0.1, 0.15) is 5.78 Å². The Morgan fingerprint density at radius 2 is 1.93 bits per heavy atom. The summed E-state index contributed by atoms with van der Waals surface area (Å²) in [6, 6.07) is 0. The Balaban J connectivity index is 1.60. The largest absolute Gasteiger partial charge is 0.299 e. The summed E-state index contributed by atoms with van der Waals surface area (Å²) in [5.74, 6) is 5.75. The second-order valence-corrected chi connectivity index (χ2v) is 6.21. The second-order valence-electron chi connectivity index (χ2n) is 5.22. The van der Waals surface area contributed by atoms with Crippen molar-refractivity contribution in [2.24, 2.45) is 29.6 Å². The van der Waals surface area contributed by atoms with E-state index >= 15 is 0 Å². The van der Waals surface area contributed by atoms with Crippen molar-refractivity contribution in [2.45, 2.75) is 25.7 Å². The minimum absolute atomic E-state index is 0.522. The van der Waals surface area contributed by atoms with Gasteiger partial charge >= 0.3 is 0 Å². The fourth-order valence-corrected chi connectivity index (χ4v) is 4.53. The number of carbonyl (C=O) groups is 1. The monoisotopic (exact) mass is 210 g/mol. The molecule has 0 aliphatic heterocycles. The van der Waals surface area contributed by atoms with E-state index in [9.17, 15) is 4.79 Å². The van der Waals surface area contributed by atoms with Crippen LogP contribution in [0.1, 0.15) is 25.7 Å². The molecule has 3 rings (SSSR count). The molecule has 3 aliphatic carbocycles. The van der Waals surface area contributed by atoms with Crippen LogP contribution in [0.15, 0.2) is 0 Å². The molecule has 4 atom stereocenters. The van der Waals surface area contributed by atoms with Crippen molar-refractivity contribution in [1.82, 2.24) is 0 Å². The van der Waals surface area contributed by atoms with Crippen molar-refractivity contribution in [1.29, 1.82) is 0 Å². The molecule has 2 heteroatoms. The zero-order valence-corrected chi connectivity index (χ0v) is 9.56. The molecule has 0 aromatic carbocycles. The number of thioether (sulfide) groups is 1. The quantitative estimate of drug-likeness (QED) is 0.709. The van der Waals surface area contributed by atoms with Crippen LogP contribution in [0.25, 0.3) is 0 Å². The van der Waals surface area contributed by atoms with E-state index in [-0.39, 0.29) is 0 Å². The minimum Gasteiger partial charge on any atom is -0.299 e. The summed E-state index contributed by atoms with van der Waals surface area (Å²) < 4.78 is 0. The topological polar surface area (TPSA) is 17.1 Å². The van der Waals surface area contributed by atoms with Gasteiger partial charge in [-0.25, -0.2) is 0 Å². The van der Waals surface area contributed by atoms with Gasteiger partial charge in [0, 0.05) is 12.3 Å². The number of hydrogen-bond acceptors (Lipinski definition) is 2. The number of fused-ring (bicyclic) bond motifs is 5. The predicted molar refractivity (Wildman–Crippen MR) is 59.3 cm³/mol. The molecule has 0 N–H and O–H groups in total. The lowest BCUT2D eigenvalue weighted by molar-refractivity contribution is -0.120. The minimum atomic E-state index is 0.522. The van der Waals surface area contributed by atoms with E-state index in [2.05, 4.69) is 6.26 Å². The van der Waals surface area contributed by atoms with Gasteiger partial charge in [-0.05, 0) is 54.9 Å². The molecule has 0 spiro atoms. The van der Waals surface area contributed by atoms with Crippen LogP contribution in [0.2, 0.25) is 0 Å². The highest BCUT2D eigenvalue weighted by atomic mass is 32.2. The van der Waals surface area contributed by atoms with Gasteiger partial charge in [0.25, 0.3) is 0 Å². The molecule has 78 valence electrons. The third-order valence-corrected chi connectivity index (χ3v) is 5.27. The Bertz CT molecular complexity index is 247. The molecule has 3 aliphatic rings. The molecule has 3 saturated carbocycles. The fraction of sp³-hybridized carbons (Fsp3) is 0.917. The highest BCUT2D eigenvalue weighted by molar-refractivity contribution is 7.98. The van der Waals surface area contributed by atoms with Crippen molar-refractivity contribution in [3.63, 3.8) is 0 Å². The molecule has 3 fully saturated rings. The molecular formula is C12H18OS. The van der Waals surface area contributed by atoms with Gasteiger partial charge in [0.2, 0.25) is 0 Å². The van der Waals surface area contributed by atoms with Crippen LogP contribution in [-0.2, 0) is 4.79 Å². The molecule has 0 heterocycles. The maximum atomic E-state index is 11.9. The zero-order valence-electron chi connectivity index (χ0n) is 8.74. The highest BCUT2D eigenvalue weighted by Gasteiger charge is 2.66. The maximum Gasteiger partial charge on any atom is 0.137 e. The van der Waals surface area contributed by atoms with Gasteiger partial charge in [0.15, 0.2) is 0 Å². The lowest BCUT2D eigenvalue weighted by atomic mass is 9.99. The Kier molecular flexibility index (Phi) is 2.16. The molecule has 0 aromatic heterocycles. The number of rotatable bonds is 4. The van der Waals surface area contributed by atoms with E-state index in [4.69, 9.17) is 0 Å². The van der Waals surface area contributed by atoms with Crippen LogP contribution in [0.3, 0.4) is 0 Å². The first-order valence-electron chi connectivity index (χ1n) is 5.84. The van der Waals surface area contributed by atoms with Crippen molar-refractivity contribution in [3.05, 3.63) is 0 Å². The summed E-state index contributed by atoms with van der Waals surface area (Å²) in [7, 11) is 0. The van der Waals surface area contributed by atoms with Gasteiger partial charge in [-0.2, -0.15) is 11.8 Å². The van der Waals surface area contributed by atoms with E-state index in [1.54, 1.807) is 11.8 Å². The van der Waals surface area contributed by atoms with Gasteiger partial charge in [-0.15, -0.1) is 0 Å². The maximum absolute atomic E-state index is 11.9. The first-order chi connectivity index (χ1) is 6.83. The third-order valence-electron chi connectivity index (χ3n) is 4.66. The van der Waals surface area contributed by atoms with Crippen LogP contribution >= 0.6 is 11.8 Å². The Hall–Kier alpha value is 0.0200. The number of ketones is 1. The first kappa shape index (κ1) is 9.26. The second kappa shape index (κ2) is 3.26. The van der Waals surface area contributed by atoms with Crippen molar-refractivity contribution in [3.8, 4) is 0 Å². The van der Waals surface area contributed by atoms with Gasteiger partial charge in [-0.3, -0.25) is 4.79 Å². The molecule has 0 saturated heterocycles. The average molecular weight is 210 g/mol. The van der Waals surface area contributed by atoms with Gasteiger partial charge in [-0.1, -0.05) is 0 Å². The van der Waals surface area contributed by atoms with Crippen LogP contribution in [0.5, 0.6) is 0 Å². The van der Waals surface area contributed by atoms with Crippen molar-refractivity contribution < 1.29 is 4.79 Å². The summed E-state index contributed by atoms with van der Waals surface area (Å²) in [5.41, 5.74) is 0. The summed E-state index contributed by atoms with van der Waals surface area (Å²) in [6.07, 6.45) is 7.24. The molecule has 4 unspecified atom stereocenters. The lowest BCUT2D eigenvalue weighted by Crippen LogP contribution is -2.10. The van der Waals surface area contributed by atoms with Crippen LogP contribution < -0.4 is 0 Å². The van der Waals surface area contributed by atoms with E-state index in [0.29, 0.717) is 11.7 Å². The Morgan fingerprint density at radius 3 is 2.50 bits per heavy atom. The summed E-state index contributed by atoms with van der Waals surface area (Å²) in [5, 5.41) is 0. The summed E-state index contributed by atoms with van der Waals surface area (Å²) >= 11 is 1.80. The van der Waals surface area contributed by atoms with Gasteiger partial charge < -0.3 is 0 Å². The third kappa shape index (κ3) is 1.19.